The summed E-state index contributed by atoms with van der Waals surface area (Å²) in [5.41, 5.74) is 0. The Balaban J connectivity index is 2.12. The molecule has 1 fully saturated rings. The molecule has 2 rings (SSSR count). The summed E-state index contributed by atoms with van der Waals surface area (Å²) in [5.74, 6) is 0.187. The standard InChI is InChI=1S/C14H21BrN2O4S/c1-16(2)7-3-8-17(11-6-9-22(19,20)10-11)14(18)12-4-5-13(15)21-12/h4-5,11H,3,6-10H2,1-2H3. The second-order valence-electron chi connectivity index (χ2n) is 5.82. The molecule has 0 saturated carbocycles. The Morgan fingerprint density at radius 3 is 2.59 bits per heavy atom. The molecular formula is C14H21BrN2O4S. The van der Waals surface area contributed by atoms with E-state index < -0.39 is 9.84 Å². The third-order valence-corrected chi connectivity index (χ3v) is 5.87. The number of hydrogen-bond acceptors (Lipinski definition) is 5. The molecule has 1 unspecified atom stereocenters. The highest BCUT2D eigenvalue weighted by molar-refractivity contribution is 9.10. The minimum Gasteiger partial charge on any atom is -0.444 e. The first-order chi connectivity index (χ1) is 10.3. The fourth-order valence-corrected chi connectivity index (χ4v) is 4.64. The Morgan fingerprint density at radius 2 is 2.09 bits per heavy atom. The minimum absolute atomic E-state index is 0.0442. The highest BCUT2D eigenvalue weighted by atomic mass is 79.9. The van der Waals surface area contributed by atoms with Gasteiger partial charge in [-0.1, -0.05) is 0 Å². The van der Waals surface area contributed by atoms with Gasteiger partial charge in [-0.2, -0.15) is 0 Å². The van der Waals surface area contributed by atoms with Gasteiger partial charge in [0.2, 0.25) is 0 Å². The van der Waals surface area contributed by atoms with Crippen LogP contribution in [0.4, 0.5) is 0 Å². The van der Waals surface area contributed by atoms with E-state index in [1.807, 2.05) is 19.0 Å². The maximum atomic E-state index is 12.6. The van der Waals surface area contributed by atoms with Gasteiger partial charge in [-0.05, 0) is 61.5 Å². The van der Waals surface area contributed by atoms with Gasteiger partial charge in [0, 0.05) is 12.6 Å². The summed E-state index contributed by atoms with van der Waals surface area (Å²) in [6, 6.07) is 3.01. The van der Waals surface area contributed by atoms with Crippen LogP contribution in [-0.2, 0) is 9.84 Å². The molecule has 0 aromatic carbocycles. The van der Waals surface area contributed by atoms with Crippen molar-refractivity contribution in [1.29, 1.82) is 0 Å². The molecule has 1 aromatic heterocycles. The fraction of sp³-hybridized carbons (Fsp3) is 0.643. The third kappa shape index (κ3) is 4.57. The Bertz CT molecular complexity index is 627. The van der Waals surface area contributed by atoms with Crippen molar-refractivity contribution in [2.24, 2.45) is 0 Å². The summed E-state index contributed by atoms with van der Waals surface area (Å²) in [4.78, 5) is 16.3. The molecule has 1 saturated heterocycles. The summed E-state index contributed by atoms with van der Waals surface area (Å²) in [5, 5.41) is 0. The molecule has 0 radical (unpaired) electrons. The van der Waals surface area contributed by atoms with Gasteiger partial charge in [-0.25, -0.2) is 8.42 Å². The van der Waals surface area contributed by atoms with Crippen molar-refractivity contribution in [3.05, 3.63) is 22.6 Å². The predicted molar refractivity (Wildman–Crippen MR) is 87.7 cm³/mol. The summed E-state index contributed by atoms with van der Waals surface area (Å²) >= 11 is 3.18. The van der Waals surface area contributed by atoms with E-state index >= 15 is 0 Å². The molecule has 2 heterocycles. The number of amides is 1. The zero-order chi connectivity index (χ0) is 16.3. The molecule has 1 aliphatic rings. The van der Waals surface area contributed by atoms with E-state index in [4.69, 9.17) is 4.42 Å². The SMILES string of the molecule is CN(C)CCCN(C(=O)c1ccc(Br)o1)C1CCS(=O)(=O)C1. The normalized spacial score (nSPS) is 20.5. The molecule has 1 aliphatic heterocycles. The van der Waals surface area contributed by atoms with Crippen LogP contribution < -0.4 is 0 Å². The van der Waals surface area contributed by atoms with Crippen molar-refractivity contribution in [2.75, 3.05) is 38.7 Å². The van der Waals surface area contributed by atoms with Crippen molar-refractivity contribution in [2.45, 2.75) is 18.9 Å². The summed E-state index contributed by atoms with van der Waals surface area (Å²) < 4.78 is 29.2. The van der Waals surface area contributed by atoms with Crippen LogP contribution in [0, 0.1) is 0 Å². The first kappa shape index (κ1) is 17.5. The predicted octanol–water partition coefficient (Wildman–Crippen LogP) is 1.62. The number of halogens is 1. The Morgan fingerprint density at radius 1 is 1.36 bits per heavy atom. The van der Waals surface area contributed by atoms with E-state index in [0.717, 1.165) is 13.0 Å². The number of carbonyl (C=O) groups excluding carboxylic acids is 1. The molecule has 0 aliphatic carbocycles. The van der Waals surface area contributed by atoms with Crippen LogP contribution in [0.3, 0.4) is 0 Å². The molecule has 6 nitrogen and oxygen atoms in total. The van der Waals surface area contributed by atoms with Crippen LogP contribution in [0.15, 0.2) is 21.2 Å². The monoisotopic (exact) mass is 392 g/mol. The molecule has 0 N–H and O–H groups in total. The first-order valence-corrected chi connectivity index (χ1v) is 9.81. The molecule has 8 heteroatoms. The number of sulfone groups is 1. The van der Waals surface area contributed by atoms with Crippen LogP contribution >= 0.6 is 15.9 Å². The molecular weight excluding hydrogens is 372 g/mol. The molecule has 0 spiro atoms. The summed E-state index contributed by atoms with van der Waals surface area (Å²) in [6.07, 6.45) is 1.29. The Labute approximate surface area is 139 Å². The topological polar surface area (TPSA) is 70.8 Å². The molecule has 0 bridgehead atoms. The number of hydrogen-bond donors (Lipinski definition) is 0. The quantitative estimate of drug-likeness (QED) is 0.735. The lowest BCUT2D eigenvalue weighted by atomic mass is 10.2. The van der Waals surface area contributed by atoms with Gasteiger partial charge in [0.15, 0.2) is 20.3 Å². The number of carbonyl (C=O) groups is 1. The number of rotatable bonds is 6. The third-order valence-electron chi connectivity index (χ3n) is 3.70. The second kappa shape index (κ2) is 7.14. The molecule has 1 aromatic rings. The maximum absolute atomic E-state index is 12.6. The van der Waals surface area contributed by atoms with Gasteiger partial charge in [0.25, 0.3) is 5.91 Å². The zero-order valence-electron chi connectivity index (χ0n) is 12.8. The Hall–Kier alpha value is -0.860. The van der Waals surface area contributed by atoms with Crippen LogP contribution in [0.5, 0.6) is 0 Å². The van der Waals surface area contributed by atoms with E-state index in [9.17, 15) is 13.2 Å². The van der Waals surface area contributed by atoms with Gasteiger partial charge >= 0.3 is 0 Å². The highest BCUT2D eigenvalue weighted by Crippen LogP contribution is 2.22. The lowest BCUT2D eigenvalue weighted by molar-refractivity contribution is 0.0656. The highest BCUT2D eigenvalue weighted by Gasteiger charge is 2.35. The molecule has 124 valence electrons. The number of furan rings is 1. The lowest BCUT2D eigenvalue weighted by Gasteiger charge is -2.28. The van der Waals surface area contributed by atoms with Crippen LogP contribution in [0.25, 0.3) is 0 Å². The lowest BCUT2D eigenvalue weighted by Crippen LogP contribution is -2.42. The first-order valence-electron chi connectivity index (χ1n) is 7.20. The molecule has 1 amide bonds. The van der Waals surface area contributed by atoms with Crippen molar-refractivity contribution in [3.63, 3.8) is 0 Å². The fourth-order valence-electron chi connectivity index (χ4n) is 2.60. The van der Waals surface area contributed by atoms with E-state index in [1.54, 1.807) is 17.0 Å². The molecule has 1 atom stereocenters. The second-order valence-corrected chi connectivity index (χ2v) is 8.83. The van der Waals surface area contributed by atoms with E-state index in [-0.39, 0.29) is 29.2 Å². The maximum Gasteiger partial charge on any atom is 0.289 e. The largest absolute Gasteiger partial charge is 0.444 e. The van der Waals surface area contributed by atoms with Crippen LogP contribution in [0.2, 0.25) is 0 Å². The average molecular weight is 393 g/mol. The zero-order valence-corrected chi connectivity index (χ0v) is 15.2. The van der Waals surface area contributed by atoms with Crippen molar-refractivity contribution >= 4 is 31.7 Å². The van der Waals surface area contributed by atoms with Crippen LogP contribution in [0.1, 0.15) is 23.4 Å². The van der Waals surface area contributed by atoms with Crippen LogP contribution in [-0.4, -0.2) is 68.9 Å². The van der Waals surface area contributed by atoms with Gasteiger partial charge in [0.1, 0.15) is 0 Å². The molecule has 22 heavy (non-hydrogen) atoms. The van der Waals surface area contributed by atoms with Crippen molar-refractivity contribution in [1.82, 2.24) is 9.80 Å². The van der Waals surface area contributed by atoms with E-state index in [1.165, 1.54) is 0 Å². The van der Waals surface area contributed by atoms with Crippen molar-refractivity contribution in [3.8, 4) is 0 Å². The van der Waals surface area contributed by atoms with Gasteiger partial charge in [-0.3, -0.25) is 4.79 Å². The van der Waals surface area contributed by atoms with Gasteiger partial charge in [-0.15, -0.1) is 0 Å². The van der Waals surface area contributed by atoms with E-state index in [0.29, 0.717) is 17.6 Å². The summed E-state index contributed by atoms with van der Waals surface area (Å²) in [7, 11) is 0.900. The summed E-state index contributed by atoms with van der Waals surface area (Å²) in [6.45, 7) is 1.36. The Kier molecular flexibility index (Phi) is 5.68. The minimum atomic E-state index is -3.04. The van der Waals surface area contributed by atoms with E-state index in [2.05, 4.69) is 15.9 Å². The van der Waals surface area contributed by atoms with Gasteiger partial charge in [0.05, 0.1) is 11.5 Å². The number of nitrogens with zero attached hydrogens (tertiary/aromatic N) is 2. The average Bonchev–Trinajstić information content (AvgIpc) is 2.99. The van der Waals surface area contributed by atoms with Gasteiger partial charge < -0.3 is 14.2 Å². The smallest absolute Gasteiger partial charge is 0.289 e. The van der Waals surface area contributed by atoms with Crippen molar-refractivity contribution < 1.29 is 17.6 Å².